The highest BCUT2D eigenvalue weighted by atomic mass is 15.6. The van der Waals surface area contributed by atoms with Gasteiger partial charge < -0.3 is 0 Å². The fourth-order valence-electron chi connectivity index (χ4n) is 1.42. The van der Waals surface area contributed by atoms with E-state index in [9.17, 15) is 0 Å². The third-order valence-corrected chi connectivity index (χ3v) is 2.30. The molecule has 3 N–H and O–H groups in total. The Morgan fingerprint density at radius 1 is 1.41 bits per heavy atom. The van der Waals surface area contributed by atoms with E-state index in [4.69, 9.17) is 5.84 Å². The van der Waals surface area contributed by atoms with Gasteiger partial charge in [-0.05, 0) is 12.1 Å². The molecule has 0 fully saturated rings. The van der Waals surface area contributed by atoms with Gasteiger partial charge in [-0.2, -0.15) is 4.80 Å². The maximum absolute atomic E-state index is 5.50. The first-order chi connectivity index (χ1) is 8.19. The lowest BCUT2D eigenvalue weighted by Gasteiger charge is -2.12. The van der Waals surface area contributed by atoms with Crippen molar-refractivity contribution in [1.82, 2.24) is 35.6 Å². The summed E-state index contributed by atoms with van der Waals surface area (Å²) < 4.78 is 0. The van der Waals surface area contributed by atoms with E-state index >= 15 is 0 Å². The van der Waals surface area contributed by atoms with Crippen LogP contribution in [0.3, 0.4) is 0 Å². The van der Waals surface area contributed by atoms with Gasteiger partial charge >= 0.3 is 0 Å². The molecule has 0 saturated heterocycles. The number of rotatable bonds is 4. The third-order valence-electron chi connectivity index (χ3n) is 2.30. The predicted molar refractivity (Wildman–Crippen MR) is 59.3 cm³/mol. The number of nitrogens with one attached hydrogen (secondary N) is 1. The first-order valence-corrected chi connectivity index (χ1v) is 5.16. The van der Waals surface area contributed by atoms with Crippen LogP contribution in [0.1, 0.15) is 23.3 Å². The average Bonchev–Trinajstić information content (AvgIpc) is 2.73. The monoisotopic (exact) mass is 234 g/mol. The van der Waals surface area contributed by atoms with Crippen LogP contribution in [-0.2, 0) is 13.5 Å². The molecule has 8 nitrogen and oxygen atoms in total. The molecule has 0 amide bonds. The van der Waals surface area contributed by atoms with E-state index in [1.807, 2.05) is 6.92 Å². The number of hydrogen-bond acceptors (Lipinski definition) is 7. The molecule has 8 heteroatoms. The van der Waals surface area contributed by atoms with Crippen LogP contribution in [0.15, 0.2) is 12.4 Å². The van der Waals surface area contributed by atoms with Crippen molar-refractivity contribution in [3.63, 3.8) is 0 Å². The van der Waals surface area contributed by atoms with E-state index in [2.05, 4.69) is 30.8 Å². The topological polar surface area (TPSA) is 107 Å². The van der Waals surface area contributed by atoms with Gasteiger partial charge in [-0.1, -0.05) is 0 Å². The van der Waals surface area contributed by atoms with Crippen LogP contribution < -0.4 is 11.3 Å². The van der Waals surface area contributed by atoms with E-state index in [0.29, 0.717) is 12.2 Å². The molecule has 0 spiro atoms. The van der Waals surface area contributed by atoms with Crippen molar-refractivity contribution in [2.45, 2.75) is 19.4 Å². The van der Waals surface area contributed by atoms with E-state index in [0.717, 1.165) is 11.4 Å². The molecule has 0 aliphatic heterocycles. The lowest BCUT2D eigenvalue weighted by atomic mass is 10.1. The summed E-state index contributed by atoms with van der Waals surface area (Å²) in [6, 6.07) is -0.174. The molecule has 2 rings (SSSR count). The highest BCUT2D eigenvalue weighted by molar-refractivity contribution is 5.07. The summed E-state index contributed by atoms with van der Waals surface area (Å²) in [5.41, 5.74) is 4.29. The van der Waals surface area contributed by atoms with Crippen LogP contribution in [0.2, 0.25) is 0 Å². The molecular formula is C9H14N8. The highest BCUT2D eigenvalue weighted by Gasteiger charge is 2.15. The quantitative estimate of drug-likeness (QED) is 0.519. The van der Waals surface area contributed by atoms with Gasteiger partial charge in [0.2, 0.25) is 0 Å². The van der Waals surface area contributed by atoms with Gasteiger partial charge in [-0.3, -0.25) is 21.2 Å². The van der Waals surface area contributed by atoms with Crippen molar-refractivity contribution < 1.29 is 0 Å². The SMILES string of the molecule is Cc1cnc(C(Cc2nnn(C)n2)NN)cn1. The molecule has 0 radical (unpaired) electrons. The number of hydrazine groups is 1. The summed E-state index contributed by atoms with van der Waals surface area (Å²) in [6.07, 6.45) is 3.90. The minimum atomic E-state index is -0.174. The zero-order chi connectivity index (χ0) is 12.3. The van der Waals surface area contributed by atoms with Crippen LogP contribution in [0.25, 0.3) is 0 Å². The van der Waals surface area contributed by atoms with Crippen LogP contribution in [0.4, 0.5) is 0 Å². The number of nitrogens with two attached hydrogens (primary N) is 1. The lowest BCUT2D eigenvalue weighted by Crippen LogP contribution is -2.30. The fourth-order valence-corrected chi connectivity index (χ4v) is 1.42. The minimum Gasteiger partial charge on any atom is -0.271 e. The summed E-state index contributed by atoms with van der Waals surface area (Å²) in [6.45, 7) is 1.88. The van der Waals surface area contributed by atoms with Gasteiger partial charge in [0.1, 0.15) is 0 Å². The first kappa shape index (κ1) is 11.6. The average molecular weight is 234 g/mol. The van der Waals surface area contributed by atoms with Gasteiger partial charge in [-0.15, -0.1) is 10.2 Å². The number of aromatic nitrogens is 6. The zero-order valence-electron chi connectivity index (χ0n) is 9.70. The molecule has 2 aromatic heterocycles. The Kier molecular flexibility index (Phi) is 3.35. The number of hydrogen-bond donors (Lipinski definition) is 2. The summed E-state index contributed by atoms with van der Waals surface area (Å²) >= 11 is 0. The summed E-state index contributed by atoms with van der Waals surface area (Å²) in [5.74, 6) is 6.11. The Bertz CT molecular complexity index is 476. The normalized spacial score (nSPS) is 12.6. The Morgan fingerprint density at radius 2 is 2.24 bits per heavy atom. The van der Waals surface area contributed by atoms with Gasteiger partial charge in [0.15, 0.2) is 5.82 Å². The summed E-state index contributed by atoms with van der Waals surface area (Å²) in [7, 11) is 1.72. The van der Waals surface area contributed by atoms with Crippen LogP contribution in [0.5, 0.6) is 0 Å². The molecule has 1 atom stereocenters. The summed E-state index contributed by atoms with van der Waals surface area (Å²) in [4.78, 5) is 9.85. The molecule has 0 aliphatic rings. The van der Waals surface area contributed by atoms with Gasteiger partial charge in [-0.25, -0.2) is 0 Å². The van der Waals surface area contributed by atoms with Crippen molar-refractivity contribution in [3.8, 4) is 0 Å². The molecule has 1 unspecified atom stereocenters. The zero-order valence-corrected chi connectivity index (χ0v) is 9.70. The largest absolute Gasteiger partial charge is 0.271 e. The molecule has 0 aliphatic carbocycles. The first-order valence-electron chi connectivity index (χ1n) is 5.16. The molecule has 17 heavy (non-hydrogen) atoms. The predicted octanol–water partition coefficient (Wildman–Crippen LogP) is -0.944. The van der Waals surface area contributed by atoms with E-state index in [-0.39, 0.29) is 6.04 Å². The molecule has 90 valence electrons. The fraction of sp³-hybridized carbons (Fsp3) is 0.444. The molecule has 0 saturated carbocycles. The van der Waals surface area contributed by atoms with Crippen molar-refractivity contribution in [2.75, 3.05) is 0 Å². The molecule has 2 heterocycles. The van der Waals surface area contributed by atoms with Gasteiger partial charge in [0.05, 0.1) is 30.7 Å². The standard InChI is InChI=1S/C9H14N8/c1-6-4-12-8(5-11-6)7(13-10)3-9-14-16-17(2)15-9/h4-5,7,13H,3,10H2,1-2H3. The van der Waals surface area contributed by atoms with Crippen molar-refractivity contribution in [1.29, 1.82) is 0 Å². The Balaban J connectivity index is 2.13. The maximum atomic E-state index is 5.50. The maximum Gasteiger partial charge on any atom is 0.176 e. The van der Waals surface area contributed by atoms with Crippen LogP contribution in [-0.4, -0.2) is 30.2 Å². The molecule has 2 aromatic rings. The van der Waals surface area contributed by atoms with E-state index in [1.165, 1.54) is 4.80 Å². The van der Waals surface area contributed by atoms with Crippen LogP contribution >= 0.6 is 0 Å². The van der Waals surface area contributed by atoms with Gasteiger partial charge in [0.25, 0.3) is 0 Å². The molecular weight excluding hydrogens is 220 g/mol. The number of nitrogens with zero attached hydrogens (tertiary/aromatic N) is 6. The smallest absolute Gasteiger partial charge is 0.176 e. The lowest BCUT2D eigenvalue weighted by molar-refractivity contribution is 0.521. The second kappa shape index (κ2) is 4.93. The van der Waals surface area contributed by atoms with E-state index in [1.54, 1.807) is 19.4 Å². The van der Waals surface area contributed by atoms with Crippen molar-refractivity contribution >= 4 is 0 Å². The Morgan fingerprint density at radius 3 is 2.76 bits per heavy atom. The Labute approximate surface area is 98.2 Å². The summed E-state index contributed by atoms with van der Waals surface area (Å²) in [5, 5.41) is 11.8. The second-order valence-electron chi connectivity index (χ2n) is 3.70. The van der Waals surface area contributed by atoms with Crippen molar-refractivity contribution in [2.24, 2.45) is 12.9 Å². The number of aryl methyl sites for hydroxylation is 2. The minimum absolute atomic E-state index is 0.174. The number of tetrazole rings is 1. The van der Waals surface area contributed by atoms with Gasteiger partial charge in [0, 0.05) is 12.6 Å². The highest BCUT2D eigenvalue weighted by Crippen LogP contribution is 2.12. The van der Waals surface area contributed by atoms with E-state index < -0.39 is 0 Å². The molecule has 0 bridgehead atoms. The Hall–Kier alpha value is -1.93. The second-order valence-corrected chi connectivity index (χ2v) is 3.70. The third kappa shape index (κ3) is 2.80. The molecule has 0 aromatic carbocycles. The van der Waals surface area contributed by atoms with Crippen LogP contribution in [0, 0.1) is 6.92 Å². The van der Waals surface area contributed by atoms with Crippen molar-refractivity contribution in [3.05, 3.63) is 29.6 Å².